The van der Waals surface area contributed by atoms with E-state index in [9.17, 15) is 9.59 Å². The lowest BCUT2D eigenvalue weighted by Crippen LogP contribution is -2.36. The van der Waals surface area contributed by atoms with Crippen molar-refractivity contribution in [2.45, 2.75) is 19.4 Å². The molecule has 0 bridgehead atoms. The molecule has 0 spiro atoms. The summed E-state index contributed by atoms with van der Waals surface area (Å²) in [5.74, 6) is 0.479. The molecule has 1 N–H and O–H groups in total. The van der Waals surface area contributed by atoms with Gasteiger partial charge in [0.1, 0.15) is 5.75 Å². The fourth-order valence-corrected chi connectivity index (χ4v) is 3.88. The maximum atomic E-state index is 13.0. The first-order valence-corrected chi connectivity index (χ1v) is 10.2. The van der Waals surface area contributed by atoms with E-state index in [1.54, 1.807) is 43.8 Å². The number of benzene rings is 1. The van der Waals surface area contributed by atoms with Crippen molar-refractivity contribution in [3.8, 4) is 5.75 Å². The molecule has 1 aliphatic heterocycles. The highest BCUT2D eigenvalue weighted by Gasteiger charge is 2.27. The lowest BCUT2D eigenvalue weighted by atomic mass is 10.0. The summed E-state index contributed by atoms with van der Waals surface area (Å²) >= 11 is 0. The van der Waals surface area contributed by atoms with Crippen LogP contribution in [-0.4, -0.2) is 51.7 Å². The molecule has 3 heterocycles. The molecule has 2 aromatic heterocycles. The molecule has 0 radical (unpaired) electrons. The van der Waals surface area contributed by atoms with Crippen LogP contribution in [0.1, 0.15) is 37.7 Å². The summed E-state index contributed by atoms with van der Waals surface area (Å²) in [6, 6.07) is 10.7. The molecule has 3 aromatic rings. The van der Waals surface area contributed by atoms with E-state index in [0.717, 1.165) is 23.4 Å². The molecule has 0 saturated carbocycles. The topological polar surface area (TPSA) is 89.3 Å². The predicted octanol–water partition coefficient (Wildman–Crippen LogP) is 1.99. The number of pyridine rings is 1. The smallest absolute Gasteiger partial charge is 0.254 e. The Bertz CT molecular complexity index is 1090. The Kier molecular flexibility index (Phi) is 5.97. The van der Waals surface area contributed by atoms with Gasteiger partial charge in [-0.15, -0.1) is 0 Å². The van der Waals surface area contributed by atoms with Gasteiger partial charge >= 0.3 is 0 Å². The van der Waals surface area contributed by atoms with Crippen molar-refractivity contribution in [1.82, 2.24) is 25.0 Å². The number of fused-ring (bicyclic) bond motifs is 1. The standard InChI is InChI=1S/C23H25N5O3/c1-27-21-9-12-28(23(30)16-5-3-7-18(13-16)31-2)15-19(21)20(26-27)8-11-25-22(29)17-6-4-10-24-14-17/h3-7,10,13-14H,8-9,11-12,15H2,1-2H3,(H,25,29). The number of aromatic nitrogens is 3. The molecular formula is C23H25N5O3. The highest BCUT2D eigenvalue weighted by atomic mass is 16.5. The van der Waals surface area contributed by atoms with Crippen molar-refractivity contribution in [2.24, 2.45) is 7.05 Å². The second-order valence-electron chi connectivity index (χ2n) is 7.45. The van der Waals surface area contributed by atoms with Gasteiger partial charge in [0.2, 0.25) is 0 Å². The summed E-state index contributed by atoms with van der Waals surface area (Å²) in [5, 5.41) is 7.56. The number of amides is 2. The van der Waals surface area contributed by atoms with Crippen LogP contribution in [0, 0.1) is 0 Å². The Hall–Kier alpha value is -3.68. The molecule has 8 heteroatoms. The largest absolute Gasteiger partial charge is 0.497 e. The minimum Gasteiger partial charge on any atom is -0.497 e. The van der Waals surface area contributed by atoms with Crippen LogP contribution in [0.15, 0.2) is 48.8 Å². The number of rotatable bonds is 6. The van der Waals surface area contributed by atoms with E-state index in [4.69, 9.17) is 4.74 Å². The fraction of sp³-hybridized carbons (Fsp3) is 0.304. The Balaban J connectivity index is 1.44. The van der Waals surface area contributed by atoms with Gasteiger partial charge in [-0.2, -0.15) is 5.10 Å². The van der Waals surface area contributed by atoms with Crippen LogP contribution in [0.5, 0.6) is 5.75 Å². The summed E-state index contributed by atoms with van der Waals surface area (Å²) in [4.78, 5) is 31.1. The molecular weight excluding hydrogens is 394 g/mol. The average Bonchev–Trinajstić information content (AvgIpc) is 3.13. The van der Waals surface area contributed by atoms with Crippen LogP contribution in [0.3, 0.4) is 0 Å². The van der Waals surface area contributed by atoms with Crippen molar-refractivity contribution in [2.75, 3.05) is 20.2 Å². The molecule has 0 saturated heterocycles. The van der Waals surface area contributed by atoms with Crippen LogP contribution in [0.2, 0.25) is 0 Å². The molecule has 160 valence electrons. The summed E-state index contributed by atoms with van der Waals surface area (Å²) < 4.78 is 7.13. The molecule has 0 unspecified atom stereocenters. The van der Waals surface area contributed by atoms with Crippen LogP contribution in [-0.2, 0) is 26.4 Å². The number of nitrogens with one attached hydrogen (secondary N) is 1. The number of carbonyl (C=O) groups excluding carboxylic acids is 2. The Morgan fingerprint density at radius 3 is 2.81 bits per heavy atom. The molecule has 1 aromatic carbocycles. The average molecular weight is 419 g/mol. The predicted molar refractivity (Wildman–Crippen MR) is 115 cm³/mol. The third kappa shape index (κ3) is 4.42. The molecule has 1 aliphatic rings. The van der Waals surface area contributed by atoms with E-state index >= 15 is 0 Å². The Morgan fingerprint density at radius 2 is 2.03 bits per heavy atom. The molecule has 0 fully saturated rings. The monoisotopic (exact) mass is 419 g/mol. The summed E-state index contributed by atoms with van der Waals surface area (Å²) in [5.41, 5.74) is 4.26. The van der Waals surface area contributed by atoms with E-state index in [-0.39, 0.29) is 11.8 Å². The van der Waals surface area contributed by atoms with Gasteiger partial charge in [-0.1, -0.05) is 6.07 Å². The highest BCUT2D eigenvalue weighted by Crippen LogP contribution is 2.24. The number of hydrogen-bond donors (Lipinski definition) is 1. The van der Waals surface area contributed by atoms with E-state index in [1.807, 2.05) is 28.8 Å². The molecule has 0 aliphatic carbocycles. The number of nitrogens with zero attached hydrogens (tertiary/aromatic N) is 4. The van der Waals surface area contributed by atoms with Gasteiger partial charge in [-0.25, -0.2) is 0 Å². The van der Waals surface area contributed by atoms with Gasteiger partial charge in [0, 0.05) is 68.7 Å². The first-order valence-electron chi connectivity index (χ1n) is 10.2. The highest BCUT2D eigenvalue weighted by molar-refractivity contribution is 5.95. The van der Waals surface area contributed by atoms with E-state index < -0.39 is 0 Å². The summed E-state index contributed by atoms with van der Waals surface area (Å²) in [6.07, 6.45) is 4.52. The second-order valence-corrected chi connectivity index (χ2v) is 7.45. The molecule has 2 amide bonds. The number of aryl methyl sites for hydroxylation is 1. The first-order chi connectivity index (χ1) is 15.1. The zero-order chi connectivity index (χ0) is 21.8. The second kappa shape index (κ2) is 8.99. The van der Waals surface area contributed by atoms with Crippen molar-refractivity contribution < 1.29 is 14.3 Å². The first kappa shape index (κ1) is 20.6. The van der Waals surface area contributed by atoms with Gasteiger partial charge in [0.15, 0.2) is 0 Å². The van der Waals surface area contributed by atoms with Crippen molar-refractivity contribution in [3.05, 3.63) is 76.9 Å². The zero-order valence-electron chi connectivity index (χ0n) is 17.7. The van der Waals surface area contributed by atoms with Gasteiger partial charge in [0.05, 0.1) is 18.4 Å². The van der Waals surface area contributed by atoms with Crippen LogP contribution >= 0.6 is 0 Å². The van der Waals surface area contributed by atoms with Crippen LogP contribution in [0.4, 0.5) is 0 Å². The lowest BCUT2D eigenvalue weighted by molar-refractivity contribution is 0.0732. The number of carbonyl (C=O) groups is 2. The van der Waals surface area contributed by atoms with E-state index in [1.165, 1.54) is 0 Å². The van der Waals surface area contributed by atoms with Crippen molar-refractivity contribution in [1.29, 1.82) is 0 Å². The molecule has 4 rings (SSSR count). The normalized spacial score (nSPS) is 12.9. The van der Waals surface area contributed by atoms with Gasteiger partial charge in [0.25, 0.3) is 11.8 Å². The van der Waals surface area contributed by atoms with Crippen molar-refractivity contribution >= 4 is 11.8 Å². The molecule has 0 atom stereocenters. The van der Waals surface area contributed by atoms with Crippen LogP contribution in [0.25, 0.3) is 0 Å². The van der Waals surface area contributed by atoms with Gasteiger partial charge in [-0.05, 0) is 30.3 Å². The van der Waals surface area contributed by atoms with Crippen molar-refractivity contribution in [3.63, 3.8) is 0 Å². The number of methoxy groups -OCH3 is 1. The third-order valence-corrected chi connectivity index (χ3v) is 5.50. The van der Waals surface area contributed by atoms with E-state index in [0.29, 0.717) is 42.9 Å². The minimum absolute atomic E-state index is 0.0239. The SMILES string of the molecule is COc1cccc(C(=O)N2CCc3c(c(CCNC(=O)c4cccnc4)nn3C)C2)c1. The third-order valence-electron chi connectivity index (χ3n) is 5.50. The Labute approximate surface area is 180 Å². The Morgan fingerprint density at radius 1 is 1.19 bits per heavy atom. The van der Waals surface area contributed by atoms with Gasteiger partial charge < -0.3 is 15.0 Å². The quantitative estimate of drug-likeness (QED) is 0.660. The maximum Gasteiger partial charge on any atom is 0.254 e. The van der Waals surface area contributed by atoms with Gasteiger partial charge in [-0.3, -0.25) is 19.3 Å². The molecule has 8 nitrogen and oxygen atoms in total. The molecule has 31 heavy (non-hydrogen) atoms. The zero-order valence-corrected chi connectivity index (χ0v) is 17.7. The summed E-state index contributed by atoms with van der Waals surface area (Å²) in [7, 11) is 3.52. The maximum absolute atomic E-state index is 13.0. The van der Waals surface area contributed by atoms with E-state index in [2.05, 4.69) is 15.4 Å². The number of ether oxygens (including phenoxy) is 1. The van der Waals surface area contributed by atoms with Crippen LogP contribution < -0.4 is 10.1 Å². The number of hydrogen-bond acceptors (Lipinski definition) is 5. The lowest BCUT2D eigenvalue weighted by Gasteiger charge is -2.28. The summed E-state index contributed by atoms with van der Waals surface area (Å²) in [6.45, 7) is 1.60. The fourth-order valence-electron chi connectivity index (χ4n) is 3.88. The minimum atomic E-state index is -0.160.